The second-order valence-electron chi connectivity index (χ2n) is 7.05. The Bertz CT molecular complexity index is 858. The highest BCUT2D eigenvalue weighted by molar-refractivity contribution is 5.94. The monoisotopic (exact) mass is 363 g/mol. The molecule has 3 N–H and O–H groups in total. The zero-order valence-corrected chi connectivity index (χ0v) is 16.2. The van der Waals surface area contributed by atoms with Gasteiger partial charge in [0.1, 0.15) is 11.3 Å². The van der Waals surface area contributed by atoms with E-state index in [4.69, 9.17) is 10.5 Å². The number of fused-ring (bicyclic) bond motifs is 1. The Labute approximate surface area is 161 Å². The minimum absolute atomic E-state index is 0.719. The van der Waals surface area contributed by atoms with Crippen LogP contribution in [0, 0.1) is 6.92 Å². The van der Waals surface area contributed by atoms with Crippen molar-refractivity contribution >= 4 is 16.6 Å². The molecule has 3 aromatic rings. The van der Waals surface area contributed by atoms with Gasteiger partial charge in [-0.1, -0.05) is 48.9 Å². The molecule has 4 rings (SSSR count). The second-order valence-corrected chi connectivity index (χ2v) is 7.05. The number of nitrogens with two attached hydrogens (primary N) is 1. The van der Waals surface area contributed by atoms with E-state index in [1.165, 1.54) is 37.8 Å². The first-order chi connectivity index (χ1) is 13.2. The predicted molar refractivity (Wildman–Crippen MR) is 113 cm³/mol. The number of para-hydroxylation sites is 1. The Morgan fingerprint density at radius 2 is 1.93 bits per heavy atom. The third-order valence-electron chi connectivity index (χ3n) is 4.92. The molecule has 1 atom stereocenters. The summed E-state index contributed by atoms with van der Waals surface area (Å²) in [5.41, 5.74) is 9.82. The fourth-order valence-corrected chi connectivity index (χ4v) is 3.54. The Morgan fingerprint density at radius 1 is 1.11 bits per heavy atom. The van der Waals surface area contributed by atoms with Crippen LogP contribution in [0.5, 0.6) is 5.75 Å². The van der Waals surface area contributed by atoms with Gasteiger partial charge in [0.25, 0.3) is 0 Å². The van der Waals surface area contributed by atoms with Crippen molar-refractivity contribution < 1.29 is 4.74 Å². The molecule has 0 amide bonds. The predicted octanol–water partition coefficient (Wildman–Crippen LogP) is 4.51. The molecule has 142 valence electrons. The van der Waals surface area contributed by atoms with E-state index in [-0.39, 0.29) is 0 Å². The molecule has 1 aromatic heterocycles. The molecule has 1 aliphatic rings. The first kappa shape index (κ1) is 19.2. The van der Waals surface area contributed by atoms with Crippen molar-refractivity contribution in [3.63, 3.8) is 0 Å². The number of hydrogen-bond donors (Lipinski definition) is 2. The minimum atomic E-state index is 0.719. The zero-order valence-electron chi connectivity index (χ0n) is 16.2. The van der Waals surface area contributed by atoms with Crippen molar-refractivity contribution in [2.45, 2.75) is 38.6 Å². The molecule has 1 unspecified atom stereocenters. The van der Waals surface area contributed by atoms with Crippen LogP contribution in [0.4, 0.5) is 5.69 Å². The summed E-state index contributed by atoms with van der Waals surface area (Å²) in [6.45, 7) is 3.12. The Morgan fingerprint density at radius 3 is 2.63 bits per heavy atom. The van der Waals surface area contributed by atoms with Crippen LogP contribution in [-0.4, -0.2) is 24.7 Å². The number of benzene rings is 2. The number of methoxy groups -OCH3 is 1. The fourth-order valence-electron chi connectivity index (χ4n) is 3.54. The average Bonchev–Trinajstić information content (AvgIpc) is 2.69. The highest BCUT2D eigenvalue weighted by atomic mass is 16.5. The third-order valence-corrected chi connectivity index (χ3v) is 4.92. The lowest BCUT2D eigenvalue weighted by Crippen LogP contribution is -2.35. The van der Waals surface area contributed by atoms with Crippen molar-refractivity contribution in [1.29, 1.82) is 0 Å². The van der Waals surface area contributed by atoms with Crippen LogP contribution in [0.2, 0.25) is 0 Å². The summed E-state index contributed by atoms with van der Waals surface area (Å²) in [7, 11) is 1.63. The lowest BCUT2D eigenvalue weighted by atomic mass is 9.98. The van der Waals surface area contributed by atoms with E-state index in [1.54, 1.807) is 7.11 Å². The maximum absolute atomic E-state index is 5.89. The van der Waals surface area contributed by atoms with Crippen molar-refractivity contribution in [1.82, 2.24) is 10.3 Å². The molecule has 0 aliphatic carbocycles. The fraction of sp³-hybridized carbons (Fsp3) is 0.348. The summed E-state index contributed by atoms with van der Waals surface area (Å²) in [5, 5.41) is 4.51. The molecule has 4 heteroatoms. The molecule has 4 nitrogen and oxygen atoms in total. The van der Waals surface area contributed by atoms with Gasteiger partial charge < -0.3 is 15.8 Å². The molecule has 2 heterocycles. The van der Waals surface area contributed by atoms with Gasteiger partial charge in [-0.2, -0.15) is 0 Å². The maximum Gasteiger partial charge on any atom is 0.145 e. The van der Waals surface area contributed by atoms with Crippen LogP contribution in [0.25, 0.3) is 10.9 Å². The molecule has 0 radical (unpaired) electrons. The van der Waals surface area contributed by atoms with Crippen molar-refractivity contribution in [2.24, 2.45) is 0 Å². The van der Waals surface area contributed by atoms with Crippen molar-refractivity contribution in [3.8, 4) is 5.75 Å². The molecule has 27 heavy (non-hydrogen) atoms. The molecule has 2 aromatic carbocycles. The van der Waals surface area contributed by atoms with Gasteiger partial charge in [-0.3, -0.25) is 0 Å². The number of aryl methyl sites for hydroxylation is 1. The topological polar surface area (TPSA) is 60.2 Å². The number of ether oxygens (including phenoxy) is 1. The Balaban J connectivity index is 0.000000156. The average molecular weight is 364 g/mol. The SMILES string of the molecule is COc1cccc2c(N)cc(C)nc12.c1ccc(CC2CCCCN2)cc1. The van der Waals surface area contributed by atoms with Gasteiger partial charge in [0.15, 0.2) is 0 Å². The smallest absolute Gasteiger partial charge is 0.145 e. The van der Waals surface area contributed by atoms with E-state index >= 15 is 0 Å². The summed E-state index contributed by atoms with van der Waals surface area (Å²) >= 11 is 0. The first-order valence-electron chi connectivity index (χ1n) is 9.64. The van der Waals surface area contributed by atoms with Gasteiger partial charge in [-0.15, -0.1) is 0 Å². The molecule has 0 spiro atoms. The number of aromatic nitrogens is 1. The Hall–Kier alpha value is -2.59. The molecule has 1 aliphatic heterocycles. The Kier molecular flexibility index (Phi) is 6.66. The molecular formula is C23H29N3O. The molecular weight excluding hydrogens is 334 g/mol. The quantitative estimate of drug-likeness (QED) is 0.719. The second kappa shape index (κ2) is 9.38. The summed E-state index contributed by atoms with van der Waals surface area (Å²) in [5.74, 6) is 0.762. The standard InChI is InChI=1S/C12H17N.C11H12N2O/c1-2-6-11(7-3-1)10-12-8-4-5-9-13-12;1-7-6-9(12)8-4-3-5-10(14-2)11(8)13-7/h1-3,6-7,12-13H,4-5,8-10H2;3-6H,1-2H3,(H2,12,13). The largest absolute Gasteiger partial charge is 0.494 e. The number of pyridine rings is 1. The number of nitrogens with one attached hydrogen (secondary N) is 1. The van der Waals surface area contributed by atoms with E-state index in [9.17, 15) is 0 Å². The first-order valence-corrected chi connectivity index (χ1v) is 9.64. The van der Waals surface area contributed by atoms with Crippen molar-refractivity contribution in [3.05, 3.63) is 65.9 Å². The van der Waals surface area contributed by atoms with Gasteiger partial charge in [-0.05, 0) is 50.4 Å². The lowest BCUT2D eigenvalue weighted by molar-refractivity contribution is 0.399. The van der Waals surface area contributed by atoms with E-state index in [0.717, 1.165) is 34.1 Å². The zero-order chi connectivity index (χ0) is 19.1. The summed E-state index contributed by atoms with van der Waals surface area (Å²) in [4.78, 5) is 4.40. The summed E-state index contributed by atoms with van der Waals surface area (Å²) < 4.78 is 5.22. The number of nitrogen functional groups attached to an aromatic ring is 1. The van der Waals surface area contributed by atoms with E-state index < -0.39 is 0 Å². The number of anilines is 1. The summed E-state index contributed by atoms with van der Waals surface area (Å²) in [6.07, 6.45) is 5.28. The molecule has 1 fully saturated rings. The van der Waals surface area contributed by atoms with Crippen LogP contribution in [0.1, 0.15) is 30.5 Å². The number of hydrogen-bond acceptors (Lipinski definition) is 4. The van der Waals surface area contributed by atoms with Crippen LogP contribution >= 0.6 is 0 Å². The lowest BCUT2D eigenvalue weighted by Gasteiger charge is -2.23. The van der Waals surface area contributed by atoms with Crippen LogP contribution in [0.15, 0.2) is 54.6 Å². The highest BCUT2D eigenvalue weighted by Crippen LogP contribution is 2.27. The number of nitrogens with zero attached hydrogens (tertiary/aromatic N) is 1. The van der Waals surface area contributed by atoms with Gasteiger partial charge in [0, 0.05) is 22.8 Å². The number of rotatable bonds is 3. The van der Waals surface area contributed by atoms with Gasteiger partial charge in [0.2, 0.25) is 0 Å². The molecule has 1 saturated heterocycles. The maximum atomic E-state index is 5.89. The van der Waals surface area contributed by atoms with Crippen LogP contribution in [-0.2, 0) is 6.42 Å². The molecule has 0 bridgehead atoms. The van der Waals surface area contributed by atoms with Crippen LogP contribution < -0.4 is 15.8 Å². The minimum Gasteiger partial charge on any atom is -0.494 e. The highest BCUT2D eigenvalue weighted by Gasteiger charge is 2.12. The van der Waals surface area contributed by atoms with Gasteiger partial charge in [-0.25, -0.2) is 4.98 Å². The summed E-state index contributed by atoms with van der Waals surface area (Å²) in [6, 6.07) is 19.1. The van der Waals surface area contributed by atoms with Crippen molar-refractivity contribution in [2.75, 3.05) is 19.4 Å². The molecule has 0 saturated carbocycles. The van der Waals surface area contributed by atoms with Gasteiger partial charge in [0.05, 0.1) is 7.11 Å². The van der Waals surface area contributed by atoms with Crippen LogP contribution in [0.3, 0.4) is 0 Å². The van der Waals surface area contributed by atoms with E-state index in [0.29, 0.717) is 0 Å². The number of piperidine rings is 1. The van der Waals surface area contributed by atoms with E-state index in [1.807, 2.05) is 31.2 Å². The normalized spacial score (nSPS) is 16.4. The third kappa shape index (κ3) is 5.20. The van der Waals surface area contributed by atoms with E-state index in [2.05, 4.69) is 40.6 Å². The van der Waals surface area contributed by atoms with Gasteiger partial charge >= 0.3 is 0 Å².